The first-order valence-corrected chi connectivity index (χ1v) is 5.31. The number of hydrogen-bond donors (Lipinski definition) is 0. The monoisotopic (exact) mass is 234 g/mol. The molecule has 17 heavy (non-hydrogen) atoms. The Morgan fingerprint density at radius 1 is 1.41 bits per heavy atom. The van der Waals surface area contributed by atoms with E-state index in [2.05, 4.69) is 6.58 Å². The highest BCUT2D eigenvalue weighted by Gasteiger charge is 2.11. The van der Waals surface area contributed by atoms with Crippen molar-refractivity contribution in [1.82, 2.24) is 0 Å². The van der Waals surface area contributed by atoms with Gasteiger partial charge in [-0.05, 0) is 29.8 Å². The molecule has 0 saturated heterocycles. The maximum Gasteiger partial charge on any atom is 0.166 e. The molecular weight excluding hydrogens is 222 g/mol. The van der Waals surface area contributed by atoms with Gasteiger partial charge in [-0.2, -0.15) is 0 Å². The molecule has 0 amide bonds. The topological polar surface area (TPSA) is 9.23 Å². The number of halogens is 2. The number of alkyl halides is 1. The van der Waals surface area contributed by atoms with Crippen LogP contribution >= 0.6 is 0 Å². The highest BCUT2D eigenvalue weighted by atomic mass is 19.1. The second kappa shape index (κ2) is 4.95. The van der Waals surface area contributed by atoms with Gasteiger partial charge in [0, 0.05) is 6.42 Å². The van der Waals surface area contributed by atoms with Crippen LogP contribution in [0.15, 0.2) is 48.8 Å². The summed E-state index contributed by atoms with van der Waals surface area (Å²) in [5, 5.41) is 0. The highest BCUT2D eigenvalue weighted by molar-refractivity contribution is 5.49. The Balaban J connectivity index is 2.19. The maximum atomic E-state index is 13.6. The third kappa shape index (κ3) is 2.81. The summed E-state index contributed by atoms with van der Waals surface area (Å²) in [6.07, 6.45) is 5.45. The molecule has 1 aromatic carbocycles. The fraction of sp³-hybridized carbons (Fsp3) is 0.143. The SMILES string of the molecule is C=Cc1ccc(OC2=CC(F)CC=C2)c(F)c1. The van der Waals surface area contributed by atoms with Crippen LogP contribution in [0.1, 0.15) is 12.0 Å². The van der Waals surface area contributed by atoms with Crippen LogP contribution in [0, 0.1) is 5.82 Å². The van der Waals surface area contributed by atoms with Crippen LogP contribution in [0.25, 0.3) is 6.08 Å². The van der Waals surface area contributed by atoms with Crippen LogP contribution in [0.4, 0.5) is 8.78 Å². The van der Waals surface area contributed by atoms with Crippen LogP contribution in [-0.2, 0) is 0 Å². The standard InChI is InChI=1S/C14H12F2O/c1-2-10-6-7-14(13(16)8-10)17-12-5-3-4-11(15)9-12/h2-3,5-9,11H,1,4H2. The summed E-state index contributed by atoms with van der Waals surface area (Å²) in [6, 6.07) is 4.51. The normalized spacial score (nSPS) is 18.7. The van der Waals surface area contributed by atoms with Crippen LogP contribution < -0.4 is 4.74 Å². The van der Waals surface area contributed by atoms with E-state index in [9.17, 15) is 8.78 Å². The van der Waals surface area contributed by atoms with Crippen molar-refractivity contribution in [2.75, 3.05) is 0 Å². The van der Waals surface area contributed by atoms with Crippen LogP contribution in [0.3, 0.4) is 0 Å². The molecule has 1 nitrogen and oxygen atoms in total. The summed E-state index contributed by atoms with van der Waals surface area (Å²) in [4.78, 5) is 0. The van der Waals surface area contributed by atoms with Gasteiger partial charge in [-0.1, -0.05) is 24.8 Å². The molecule has 0 bridgehead atoms. The molecule has 0 heterocycles. The minimum absolute atomic E-state index is 0.0839. The Hall–Kier alpha value is -1.90. The lowest BCUT2D eigenvalue weighted by Crippen LogP contribution is -2.04. The van der Waals surface area contributed by atoms with Gasteiger partial charge in [-0.15, -0.1) is 0 Å². The molecule has 0 saturated carbocycles. The van der Waals surface area contributed by atoms with Gasteiger partial charge in [0.05, 0.1) is 0 Å². The Morgan fingerprint density at radius 2 is 2.24 bits per heavy atom. The van der Waals surface area contributed by atoms with E-state index in [1.165, 1.54) is 18.2 Å². The van der Waals surface area contributed by atoms with E-state index in [4.69, 9.17) is 4.74 Å². The van der Waals surface area contributed by atoms with E-state index >= 15 is 0 Å². The first kappa shape index (κ1) is 11.6. The van der Waals surface area contributed by atoms with Crippen molar-refractivity contribution in [2.24, 2.45) is 0 Å². The van der Waals surface area contributed by atoms with Gasteiger partial charge in [0.15, 0.2) is 11.6 Å². The number of rotatable bonds is 3. The second-order valence-corrected chi connectivity index (χ2v) is 3.72. The van der Waals surface area contributed by atoms with E-state index in [-0.39, 0.29) is 5.75 Å². The molecule has 1 unspecified atom stereocenters. The predicted molar refractivity (Wildman–Crippen MR) is 63.9 cm³/mol. The molecule has 1 atom stereocenters. The average molecular weight is 234 g/mol. The lowest BCUT2D eigenvalue weighted by Gasteiger charge is -2.12. The average Bonchev–Trinajstić information content (AvgIpc) is 2.32. The summed E-state index contributed by atoms with van der Waals surface area (Å²) in [7, 11) is 0. The van der Waals surface area contributed by atoms with E-state index < -0.39 is 12.0 Å². The summed E-state index contributed by atoms with van der Waals surface area (Å²) in [5.41, 5.74) is 0.673. The number of allylic oxidation sites excluding steroid dienone is 3. The van der Waals surface area contributed by atoms with E-state index in [1.54, 1.807) is 24.3 Å². The molecule has 88 valence electrons. The van der Waals surface area contributed by atoms with Gasteiger partial charge in [-0.25, -0.2) is 8.78 Å². The third-order valence-corrected chi connectivity index (χ3v) is 2.41. The summed E-state index contributed by atoms with van der Waals surface area (Å²) < 4.78 is 31.9. The molecule has 0 N–H and O–H groups in total. The zero-order chi connectivity index (χ0) is 12.3. The molecule has 2 rings (SSSR count). The third-order valence-electron chi connectivity index (χ3n) is 2.41. The summed E-state index contributed by atoms with van der Waals surface area (Å²) >= 11 is 0. The van der Waals surface area contributed by atoms with Gasteiger partial charge in [0.1, 0.15) is 11.9 Å². The largest absolute Gasteiger partial charge is 0.455 e. The minimum atomic E-state index is -1.06. The lowest BCUT2D eigenvalue weighted by atomic mass is 10.1. The first-order chi connectivity index (χ1) is 8.19. The molecule has 0 fully saturated rings. The highest BCUT2D eigenvalue weighted by Crippen LogP contribution is 2.23. The van der Waals surface area contributed by atoms with Gasteiger partial charge in [-0.3, -0.25) is 0 Å². The fourth-order valence-corrected chi connectivity index (χ4v) is 1.54. The first-order valence-electron chi connectivity index (χ1n) is 5.31. The Kier molecular flexibility index (Phi) is 3.38. The number of benzene rings is 1. The van der Waals surface area contributed by atoms with Gasteiger partial charge in [0.2, 0.25) is 0 Å². The van der Waals surface area contributed by atoms with E-state index in [0.29, 0.717) is 17.7 Å². The van der Waals surface area contributed by atoms with E-state index in [0.717, 1.165) is 0 Å². The molecule has 1 aromatic rings. The predicted octanol–water partition coefficient (Wildman–Crippen LogP) is 4.03. The van der Waals surface area contributed by atoms with Crippen molar-refractivity contribution < 1.29 is 13.5 Å². The quantitative estimate of drug-likeness (QED) is 0.767. The van der Waals surface area contributed by atoms with Crippen LogP contribution in [0.5, 0.6) is 5.75 Å². The number of hydrogen-bond acceptors (Lipinski definition) is 1. The maximum absolute atomic E-state index is 13.6. The van der Waals surface area contributed by atoms with Crippen LogP contribution in [-0.4, -0.2) is 6.17 Å². The molecule has 1 aliphatic carbocycles. The Bertz CT molecular complexity index is 489. The van der Waals surface area contributed by atoms with Crippen molar-refractivity contribution in [2.45, 2.75) is 12.6 Å². The molecule has 3 heteroatoms. The number of ether oxygens (including phenoxy) is 1. The molecule has 0 aromatic heterocycles. The van der Waals surface area contributed by atoms with Crippen molar-refractivity contribution in [3.8, 4) is 5.75 Å². The molecule has 1 aliphatic rings. The summed E-state index contributed by atoms with van der Waals surface area (Å²) in [6.45, 7) is 3.55. The van der Waals surface area contributed by atoms with Crippen molar-refractivity contribution in [3.63, 3.8) is 0 Å². The second-order valence-electron chi connectivity index (χ2n) is 3.72. The molecule has 0 spiro atoms. The van der Waals surface area contributed by atoms with Gasteiger partial charge in [0.25, 0.3) is 0 Å². The van der Waals surface area contributed by atoms with Gasteiger partial charge < -0.3 is 4.74 Å². The Labute approximate surface area is 98.7 Å². The molecule has 0 aliphatic heterocycles. The molecular formula is C14H12F2O. The van der Waals surface area contributed by atoms with Crippen molar-refractivity contribution in [3.05, 3.63) is 60.1 Å². The van der Waals surface area contributed by atoms with E-state index in [1.807, 2.05) is 0 Å². The Morgan fingerprint density at radius 3 is 2.88 bits per heavy atom. The smallest absolute Gasteiger partial charge is 0.166 e. The van der Waals surface area contributed by atoms with Crippen molar-refractivity contribution in [1.29, 1.82) is 0 Å². The van der Waals surface area contributed by atoms with Crippen molar-refractivity contribution >= 4 is 6.08 Å². The zero-order valence-corrected chi connectivity index (χ0v) is 9.20. The molecule has 0 radical (unpaired) electrons. The fourth-order valence-electron chi connectivity index (χ4n) is 1.54. The minimum Gasteiger partial charge on any atom is -0.455 e. The summed E-state index contributed by atoms with van der Waals surface area (Å²) in [5.74, 6) is -0.0766. The van der Waals surface area contributed by atoms with Gasteiger partial charge >= 0.3 is 0 Å². The zero-order valence-electron chi connectivity index (χ0n) is 9.20. The lowest BCUT2D eigenvalue weighted by molar-refractivity contribution is 0.363. The van der Waals surface area contributed by atoms with Crippen LogP contribution in [0.2, 0.25) is 0 Å².